The molecule has 0 unspecified atom stereocenters. The van der Waals surface area contributed by atoms with Gasteiger partial charge in [-0.3, -0.25) is 4.79 Å². The maximum Gasteiger partial charge on any atom is 0.224 e. The molecular weight excluding hydrogens is 354 g/mol. The number of anilines is 1. The van der Waals surface area contributed by atoms with Crippen LogP contribution < -0.4 is 19.5 Å². The third-order valence-corrected chi connectivity index (χ3v) is 4.33. The van der Waals surface area contributed by atoms with Crippen LogP contribution >= 0.6 is 0 Å². The molecule has 28 heavy (non-hydrogen) atoms. The Morgan fingerprint density at radius 3 is 2.50 bits per heavy atom. The minimum atomic E-state index is -0.0508. The first-order chi connectivity index (χ1) is 13.6. The highest BCUT2D eigenvalue weighted by Crippen LogP contribution is 2.29. The van der Waals surface area contributed by atoms with Gasteiger partial charge in [0.1, 0.15) is 5.75 Å². The van der Waals surface area contributed by atoms with E-state index in [0.717, 1.165) is 35.5 Å². The Balaban J connectivity index is 1.98. The molecule has 2 aromatic carbocycles. The molecule has 0 aromatic heterocycles. The first-order valence-electron chi connectivity index (χ1n) is 9.90. The van der Waals surface area contributed by atoms with E-state index in [2.05, 4.69) is 12.2 Å². The highest BCUT2D eigenvalue weighted by atomic mass is 16.5. The molecule has 2 aromatic rings. The molecule has 0 saturated carbocycles. The summed E-state index contributed by atoms with van der Waals surface area (Å²) >= 11 is 0. The van der Waals surface area contributed by atoms with Crippen molar-refractivity contribution < 1.29 is 19.0 Å². The largest absolute Gasteiger partial charge is 0.495 e. The van der Waals surface area contributed by atoms with Gasteiger partial charge in [0, 0.05) is 6.42 Å². The summed E-state index contributed by atoms with van der Waals surface area (Å²) in [4.78, 5) is 12.4. The van der Waals surface area contributed by atoms with Crippen LogP contribution in [0.2, 0.25) is 0 Å². The van der Waals surface area contributed by atoms with Crippen LogP contribution in [0.3, 0.4) is 0 Å². The van der Waals surface area contributed by atoms with E-state index in [0.29, 0.717) is 37.5 Å². The molecule has 0 bridgehead atoms. The topological polar surface area (TPSA) is 56.8 Å². The van der Waals surface area contributed by atoms with Gasteiger partial charge < -0.3 is 19.5 Å². The molecule has 0 spiro atoms. The van der Waals surface area contributed by atoms with E-state index in [1.165, 1.54) is 0 Å². The second-order valence-electron chi connectivity index (χ2n) is 6.67. The lowest BCUT2D eigenvalue weighted by atomic mass is 10.1. The lowest BCUT2D eigenvalue weighted by Gasteiger charge is -2.14. The molecule has 0 saturated heterocycles. The average molecular weight is 386 g/mol. The molecule has 1 amide bonds. The Morgan fingerprint density at radius 2 is 1.79 bits per heavy atom. The number of unbranched alkanes of at least 4 members (excludes halogenated alkanes) is 1. The summed E-state index contributed by atoms with van der Waals surface area (Å²) in [5, 5.41) is 2.94. The summed E-state index contributed by atoms with van der Waals surface area (Å²) < 4.78 is 16.8. The molecule has 0 fully saturated rings. The van der Waals surface area contributed by atoms with Crippen LogP contribution in [0.25, 0.3) is 0 Å². The zero-order valence-electron chi connectivity index (χ0n) is 17.3. The maximum absolute atomic E-state index is 12.4. The first-order valence-corrected chi connectivity index (χ1v) is 9.90. The van der Waals surface area contributed by atoms with Crippen molar-refractivity contribution in [3.8, 4) is 17.2 Å². The first kappa shape index (κ1) is 21.6. The Morgan fingerprint density at radius 1 is 1.00 bits per heavy atom. The maximum atomic E-state index is 12.4. The molecular formula is C23H31NO4. The summed E-state index contributed by atoms with van der Waals surface area (Å²) in [6, 6.07) is 11.6. The third kappa shape index (κ3) is 6.48. The fraction of sp³-hybridized carbons (Fsp3) is 0.435. The summed E-state index contributed by atoms with van der Waals surface area (Å²) in [6.07, 6.45) is 3.09. The molecule has 1 N–H and O–H groups in total. The lowest BCUT2D eigenvalue weighted by Crippen LogP contribution is -2.13. The van der Waals surface area contributed by atoms with Gasteiger partial charge in [0.2, 0.25) is 5.91 Å². The number of hydrogen-bond acceptors (Lipinski definition) is 4. The van der Waals surface area contributed by atoms with E-state index in [4.69, 9.17) is 14.2 Å². The van der Waals surface area contributed by atoms with Gasteiger partial charge in [-0.15, -0.1) is 0 Å². The van der Waals surface area contributed by atoms with Crippen molar-refractivity contribution in [1.29, 1.82) is 0 Å². The van der Waals surface area contributed by atoms with Gasteiger partial charge in [0.15, 0.2) is 11.5 Å². The molecule has 0 aliphatic heterocycles. The minimum Gasteiger partial charge on any atom is -0.495 e. The summed E-state index contributed by atoms with van der Waals surface area (Å²) in [5.74, 6) is 2.10. The van der Waals surface area contributed by atoms with E-state index >= 15 is 0 Å². The van der Waals surface area contributed by atoms with Crippen molar-refractivity contribution >= 4 is 11.6 Å². The van der Waals surface area contributed by atoms with E-state index in [1.54, 1.807) is 7.11 Å². The predicted octanol–water partition coefficient (Wildman–Crippen LogP) is 5.15. The number of ether oxygens (including phenoxy) is 3. The number of hydrogen-bond donors (Lipinski definition) is 1. The van der Waals surface area contributed by atoms with Gasteiger partial charge >= 0.3 is 0 Å². The standard InChI is InChI=1S/C23H31NO4/c1-5-7-14-28-21-12-9-18(16-22(21)27-6-2)10-13-23(25)24-19-15-17(3)8-11-20(19)26-4/h8-9,11-12,15-16H,5-7,10,13-14H2,1-4H3,(H,24,25). The van der Waals surface area contributed by atoms with Crippen LogP contribution in [-0.2, 0) is 11.2 Å². The average Bonchev–Trinajstić information content (AvgIpc) is 2.68. The molecule has 2 rings (SSSR count). The van der Waals surface area contributed by atoms with Gasteiger partial charge in [-0.05, 0) is 62.1 Å². The monoisotopic (exact) mass is 385 g/mol. The van der Waals surface area contributed by atoms with Crippen LogP contribution in [0.4, 0.5) is 5.69 Å². The third-order valence-electron chi connectivity index (χ3n) is 4.33. The molecule has 0 atom stereocenters. The van der Waals surface area contributed by atoms with E-state index < -0.39 is 0 Å². The number of benzene rings is 2. The molecule has 5 nitrogen and oxygen atoms in total. The van der Waals surface area contributed by atoms with Crippen LogP contribution in [0.15, 0.2) is 36.4 Å². The highest BCUT2D eigenvalue weighted by molar-refractivity contribution is 5.92. The number of methoxy groups -OCH3 is 1. The van der Waals surface area contributed by atoms with Crippen molar-refractivity contribution in [3.63, 3.8) is 0 Å². The van der Waals surface area contributed by atoms with Crippen molar-refractivity contribution in [1.82, 2.24) is 0 Å². The fourth-order valence-electron chi connectivity index (χ4n) is 2.81. The lowest BCUT2D eigenvalue weighted by molar-refractivity contribution is -0.116. The van der Waals surface area contributed by atoms with Crippen LogP contribution in [0.1, 0.15) is 44.2 Å². The van der Waals surface area contributed by atoms with Crippen molar-refractivity contribution in [3.05, 3.63) is 47.5 Å². The fourth-order valence-corrected chi connectivity index (χ4v) is 2.81. The Hall–Kier alpha value is -2.69. The molecule has 5 heteroatoms. The van der Waals surface area contributed by atoms with Gasteiger partial charge in [0.25, 0.3) is 0 Å². The summed E-state index contributed by atoms with van der Waals surface area (Å²) in [6.45, 7) is 7.31. The molecule has 0 aliphatic rings. The van der Waals surface area contributed by atoms with Crippen LogP contribution in [0.5, 0.6) is 17.2 Å². The second-order valence-corrected chi connectivity index (χ2v) is 6.67. The van der Waals surface area contributed by atoms with E-state index in [-0.39, 0.29) is 5.91 Å². The number of carbonyl (C=O) groups is 1. The molecule has 0 heterocycles. The Bertz CT molecular complexity index is 773. The van der Waals surface area contributed by atoms with Gasteiger partial charge in [-0.25, -0.2) is 0 Å². The smallest absolute Gasteiger partial charge is 0.224 e. The van der Waals surface area contributed by atoms with Gasteiger partial charge in [0.05, 0.1) is 26.0 Å². The number of nitrogens with one attached hydrogen (secondary N) is 1. The van der Waals surface area contributed by atoms with Crippen LogP contribution in [0, 0.1) is 6.92 Å². The van der Waals surface area contributed by atoms with Crippen molar-refractivity contribution in [2.45, 2.75) is 46.5 Å². The molecule has 0 radical (unpaired) electrons. The van der Waals surface area contributed by atoms with Crippen molar-refractivity contribution in [2.24, 2.45) is 0 Å². The number of carbonyl (C=O) groups excluding carboxylic acids is 1. The SMILES string of the molecule is CCCCOc1ccc(CCC(=O)Nc2cc(C)ccc2OC)cc1OCC. The minimum absolute atomic E-state index is 0.0508. The number of amides is 1. The van der Waals surface area contributed by atoms with E-state index in [1.807, 2.05) is 50.2 Å². The second kappa shape index (κ2) is 11.2. The van der Waals surface area contributed by atoms with Gasteiger partial charge in [-0.2, -0.15) is 0 Å². The highest BCUT2D eigenvalue weighted by Gasteiger charge is 2.10. The Kier molecular flexibility index (Phi) is 8.66. The molecule has 152 valence electrons. The van der Waals surface area contributed by atoms with E-state index in [9.17, 15) is 4.79 Å². The van der Waals surface area contributed by atoms with Gasteiger partial charge in [-0.1, -0.05) is 25.5 Å². The molecule has 0 aliphatic carbocycles. The van der Waals surface area contributed by atoms with Crippen LogP contribution in [-0.4, -0.2) is 26.2 Å². The zero-order chi connectivity index (χ0) is 20.4. The van der Waals surface area contributed by atoms with Crippen molar-refractivity contribution in [2.75, 3.05) is 25.6 Å². The normalized spacial score (nSPS) is 10.4. The number of rotatable bonds is 11. The quantitative estimate of drug-likeness (QED) is 0.543. The number of aryl methyl sites for hydroxylation is 2. The zero-order valence-corrected chi connectivity index (χ0v) is 17.3. The summed E-state index contributed by atoms with van der Waals surface area (Å²) in [5.41, 5.74) is 2.80. The summed E-state index contributed by atoms with van der Waals surface area (Å²) in [7, 11) is 1.60. The predicted molar refractivity (Wildman–Crippen MR) is 113 cm³/mol. The Labute approximate surface area is 168 Å².